The number of nitrogens with one attached hydrogen (secondary N) is 1. The zero-order valence-corrected chi connectivity index (χ0v) is 11.0. The molecule has 0 spiro atoms. The lowest BCUT2D eigenvalue weighted by molar-refractivity contribution is -0.123. The maximum atomic E-state index is 12.0. The number of hydrogen-bond donors (Lipinski definition) is 1. The van der Waals surface area contributed by atoms with Crippen LogP contribution in [0, 0.1) is 17.8 Å². The zero-order valence-electron chi connectivity index (χ0n) is 10.2. The molecule has 2 fully saturated rings. The molecule has 3 heteroatoms. The lowest BCUT2D eigenvalue weighted by atomic mass is 10.0. The van der Waals surface area contributed by atoms with E-state index >= 15 is 0 Å². The fourth-order valence-corrected chi connectivity index (χ4v) is 3.53. The molecule has 2 rings (SSSR count). The molecule has 4 atom stereocenters. The van der Waals surface area contributed by atoms with Crippen molar-refractivity contribution in [1.82, 2.24) is 5.32 Å². The molecule has 0 aromatic carbocycles. The van der Waals surface area contributed by atoms with Gasteiger partial charge >= 0.3 is 0 Å². The van der Waals surface area contributed by atoms with Gasteiger partial charge < -0.3 is 5.32 Å². The molecule has 0 bridgehead atoms. The topological polar surface area (TPSA) is 29.1 Å². The van der Waals surface area contributed by atoms with Gasteiger partial charge in [-0.1, -0.05) is 12.8 Å². The number of amides is 1. The molecule has 16 heavy (non-hydrogen) atoms. The monoisotopic (exact) mass is 243 g/mol. The third-order valence-corrected chi connectivity index (χ3v) is 4.20. The maximum Gasteiger partial charge on any atom is 0.223 e. The normalized spacial score (nSPS) is 36.1. The first-order valence-electron chi connectivity index (χ1n) is 6.54. The summed E-state index contributed by atoms with van der Waals surface area (Å²) in [6.45, 7) is 4.02. The predicted octanol–water partition coefficient (Wildman–Crippen LogP) is 2.94. The van der Waals surface area contributed by atoms with Crippen LogP contribution in [0.4, 0.5) is 0 Å². The molecule has 0 heterocycles. The summed E-state index contributed by atoms with van der Waals surface area (Å²) in [5.41, 5.74) is 0. The van der Waals surface area contributed by atoms with Crippen LogP contribution in [0.1, 0.15) is 46.0 Å². The van der Waals surface area contributed by atoms with Crippen LogP contribution in [0.2, 0.25) is 0 Å². The number of fused-ring (bicyclic) bond motifs is 1. The van der Waals surface area contributed by atoms with Gasteiger partial charge in [-0.25, -0.2) is 0 Å². The Morgan fingerprint density at radius 2 is 1.88 bits per heavy atom. The van der Waals surface area contributed by atoms with Crippen molar-refractivity contribution in [3.05, 3.63) is 0 Å². The van der Waals surface area contributed by atoms with Gasteiger partial charge in [-0.2, -0.15) is 0 Å². The Morgan fingerprint density at radius 1 is 1.31 bits per heavy atom. The van der Waals surface area contributed by atoms with Crippen molar-refractivity contribution in [1.29, 1.82) is 0 Å². The highest BCUT2D eigenvalue weighted by atomic mass is 35.5. The number of halogens is 1. The van der Waals surface area contributed by atoms with E-state index in [4.69, 9.17) is 11.6 Å². The smallest absolute Gasteiger partial charge is 0.223 e. The van der Waals surface area contributed by atoms with E-state index in [0.717, 1.165) is 6.42 Å². The van der Waals surface area contributed by atoms with Gasteiger partial charge in [0.2, 0.25) is 5.91 Å². The van der Waals surface area contributed by atoms with Crippen LogP contribution in [0.15, 0.2) is 0 Å². The zero-order chi connectivity index (χ0) is 11.7. The molecule has 92 valence electrons. The summed E-state index contributed by atoms with van der Waals surface area (Å²) in [5.74, 6) is 2.01. The number of hydrogen-bond acceptors (Lipinski definition) is 1. The SMILES string of the molecule is CC(Cl)CC(C)NC(=O)C1C2CCCCC21. The largest absolute Gasteiger partial charge is 0.353 e. The van der Waals surface area contributed by atoms with Crippen molar-refractivity contribution in [3.8, 4) is 0 Å². The highest BCUT2D eigenvalue weighted by Crippen LogP contribution is 2.55. The second-order valence-electron chi connectivity index (χ2n) is 5.56. The molecule has 0 aromatic rings. The Hall–Kier alpha value is -0.240. The van der Waals surface area contributed by atoms with Gasteiger partial charge in [0.1, 0.15) is 0 Å². The van der Waals surface area contributed by atoms with E-state index in [-0.39, 0.29) is 17.3 Å². The molecule has 0 aliphatic heterocycles. The van der Waals surface area contributed by atoms with E-state index in [1.54, 1.807) is 0 Å². The molecule has 0 radical (unpaired) electrons. The van der Waals surface area contributed by atoms with E-state index in [1.807, 2.05) is 13.8 Å². The summed E-state index contributed by atoms with van der Waals surface area (Å²) in [6.07, 6.45) is 6.03. The summed E-state index contributed by atoms with van der Waals surface area (Å²) >= 11 is 5.92. The number of rotatable bonds is 4. The standard InChI is InChI=1S/C13H22ClNO/c1-8(14)7-9(2)15-13(16)12-10-5-3-4-6-11(10)12/h8-12H,3-7H2,1-2H3,(H,15,16). The minimum Gasteiger partial charge on any atom is -0.353 e. The van der Waals surface area contributed by atoms with Crippen molar-refractivity contribution in [2.24, 2.45) is 17.8 Å². The summed E-state index contributed by atoms with van der Waals surface area (Å²) in [4.78, 5) is 12.0. The van der Waals surface area contributed by atoms with Crippen LogP contribution < -0.4 is 5.32 Å². The number of carbonyl (C=O) groups is 1. The van der Waals surface area contributed by atoms with Gasteiger partial charge in [0.25, 0.3) is 0 Å². The molecule has 2 nitrogen and oxygen atoms in total. The molecule has 2 saturated carbocycles. The number of carbonyl (C=O) groups excluding carboxylic acids is 1. The number of alkyl halides is 1. The average molecular weight is 244 g/mol. The van der Waals surface area contributed by atoms with E-state index in [1.165, 1.54) is 25.7 Å². The molecule has 4 unspecified atom stereocenters. The Balaban J connectivity index is 1.76. The minimum atomic E-state index is 0.136. The second kappa shape index (κ2) is 4.95. The third-order valence-electron chi connectivity index (χ3n) is 4.03. The molecule has 0 aromatic heterocycles. The summed E-state index contributed by atoms with van der Waals surface area (Å²) < 4.78 is 0. The van der Waals surface area contributed by atoms with Crippen LogP contribution in [0.3, 0.4) is 0 Å². The fraction of sp³-hybridized carbons (Fsp3) is 0.923. The van der Waals surface area contributed by atoms with Crippen LogP contribution in [-0.4, -0.2) is 17.3 Å². The third kappa shape index (κ3) is 2.71. The Morgan fingerprint density at radius 3 is 2.38 bits per heavy atom. The van der Waals surface area contributed by atoms with Gasteiger partial charge in [-0.15, -0.1) is 11.6 Å². The summed E-state index contributed by atoms with van der Waals surface area (Å²) in [7, 11) is 0. The summed E-state index contributed by atoms with van der Waals surface area (Å²) in [5, 5.41) is 3.24. The molecule has 2 aliphatic carbocycles. The quantitative estimate of drug-likeness (QED) is 0.756. The van der Waals surface area contributed by atoms with Crippen molar-refractivity contribution in [2.75, 3.05) is 0 Å². The van der Waals surface area contributed by atoms with Gasteiger partial charge in [-0.3, -0.25) is 4.79 Å². The maximum absolute atomic E-state index is 12.0. The lowest BCUT2D eigenvalue weighted by Crippen LogP contribution is -2.35. The first-order valence-corrected chi connectivity index (χ1v) is 6.97. The lowest BCUT2D eigenvalue weighted by Gasteiger charge is -2.15. The highest BCUT2D eigenvalue weighted by Gasteiger charge is 2.54. The van der Waals surface area contributed by atoms with Crippen molar-refractivity contribution in [2.45, 2.75) is 57.4 Å². The van der Waals surface area contributed by atoms with Crippen molar-refractivity contribution >= 4 is 17.5 Å². The Kier molecular flexibility index (Phi) is 3.78. The molecule has 0 saturated heterocycles. The highest BCUT2D eigenvalue weighted by molar-refractivity contribution is 6.20. The van der Waals surface area contributed by atoms with Crippen LogP contribution >= 0.6 is 11.6 Å². The predicted molar refractivity (Wildman–Crippen MR) is 66.5 cm³/mol. The Bertz CT molecular complexity index is 255. The molecule has 2 aliphatic rings. The molecular weight excluding hydrogens is 222 g/mol. The molecular formula is C13H22ClNO. The fourth-order valence-electron chi connectivity index (χ4n) is 3.27. The Labute approximate surface area is 103 Å². The van der Waals surface area contributed by atoms with Crippen molar-refractivity contribution < 1.29 is 4.79 Å². The van der Waals surface area contributed by atoms with Gasteiger partial charge in [0.15, 0.2) is 0 Å². The molecule has 1 amide bonds. The van der Waals surface area contributed by atoms with Gasteiger partial charge in [-0.05, 0) is 44.9 Å². The van der Waals surface area contributed by atoms with Crippen LogP contribution in [0.25, 0.3) is 0 Å². The van der Waals surface area contributed by atoms with Crippen LogP contribution in [-0.2, 0) is 4.79 Å². The van der Waals surface area contributed by atoms with Crippen molar-refractivity contribution in [3.63, 3.8) is 0 Å². The van der Waals surface area contributed by atoms with Gasteiger partial charge in [0.05, 0.1) is 0 Å². The second-order valence-corrected chi connectivity index (χ2v) is 6.31. The van der Waals surface area contributed by atoms with E-state index in [0.29, 0.717) is 17.8 Å². The van der Waals surface area contributed by atoms with E-state index < -0.39 is 0 Å². The first kappa shape index (κ1) is 12.2. The minimum absolute atomic E-state index is 0.136. The van der Waals surface area contributed by atoms with E-state index in [9.17, 15) is 4.79 Å². The first-order chi connectivity index (χ1) is 7.59. The van der Waals surface area contributed by atoms with Crippen LogP contribution in [0.5, 0.6) is 0 Å². The van der Waals surface area contributed by atoms with Gasteiger partial charge in [0, 0.05) is 17.3 Å². The van der Waals surface area contributed by atoms with E-state index in [2.05, 4.69) is 5.32 Å². The molecule has 1 N–H and O–H groups in total. The average Bonchev–Trinajstić information content (AvgIpc) is 2.89. The summed E-state index contributed by atoms with van der Waals surface area (Å²) in [6, 6.07) is 0.211.